The number of rotatable bonds is 6. The molecular formula is C15H29N5O2. The van der Waals surface area contributed by atoms with Gasteiger partial charge >= 0.3 is 6.03 Å². The van der Waals surface area contributed by atoms with Crippen LogP contribution in [0, 0.1) is 5.92 Å². The van der Waals surface area contributed by atoms with E-state index in [9.17, 15) is 4.79 Å². The van der Waals surface area contributed by atoms with Gasteiger partial charge in [0, 0.05) is 18.0 Å². The van der Waals surface area contributed by atoms with Crippen LogP contribution >= 0.6 is 0 Å². The van der Waals surface area contributed by atoms with E-state index in [0.29, 0.717) is 18.1 Å². The van der Waals surface area contributed by atoms with Crippen LogP contribution in [0.4, 0.5) is 4.79 Å². The van der Waals surface area contributed by atoms with Crippen molar-refractivity contribution < 1.29 is 9.32 Å². The topological polar surface area (TPSA) is 92.1 Å². The molecule has 0 fully saturated rings. The highest BCUT2D eigenvalue weighted by molar-refractivity contribution is 5.75. The van der Waals surface area contributed by atoms with Gasteiger partial charge in [0.1, 0.15) is 6.04 Å². The van der Waals surface area contributed by atoms with Gasteiger partial charge in [-0.1, -0.05) is 19.0 Å². The lowest BCUT2D eigenvalue weighted by Crippen LogP contribution is -2.48. The molecule has 1 heterocycles. The summed E-state index contributed by atoms with van der Waals surface area (Å²) in [6, 6.07) is -0.289. The first-order valence-electron chi connectivity index (χ1n) is 7.70. The Bertz CT molecular complexity index is 479. The van der Waals surface area contributed by atoms with Gasteiger partial charge in [-0.15, -0.1) is 0 Å². The van der Waals surface area contributed by atoms with E-state index in [1.54, 1.807) is 0 Å². The van der Waals surface area contributed by atoms with Crippen molar-refractivity contribution in [3.05, 3.63) is 11.7 Å². The average Bonchev–Trinajstić information content (AvgIpc) is 2.81. The first-order valence-corrected chi connectivity index (χ1v) is 7.70. The van der Waals surface area contributed by atoms with E-state index >= 15 is 0 Å². The minimum absolute atomic E-state index is 0.140. The van der Waals surface area contributed by atoms with Gasteiger partial charge in [0.2, 0.25) is 5.89 Å². The molecule has 2 atom stereocenters. The number of nitrogens with one attached hydrogen (secondary N) is 3. The Morgan fingerprint density at radius 1 is 1.27 bits per heavy atom. The molecule has 0 aliphatic carbocycles. The van der Waals surface area contributed by atoms with Crippen LogP contribution in [-0.4, -0.2) is 34.8 Å². The summed E-state index contributed by atoms with van der Waals surface area (Å²) >= 11 is 0. The summed E-state index contributed by atoms with van der Waals surface area (Å²) < 4.78 is 5.33. The van der Waals surface area contributed by atoms with Gasteiger partial charge in [-0.05, 0) is 40.7 Å². The van der Waals surface area contributed by atoms with Gasteiger partial charge < -0.3 is 20.5 Å². The summed E-state index contributed by atoms with van der Waals surface area (Å²) in [5.74, 6) is 1.22. The van der Waals surface area contributed by atoms with Crippen molar-refractivity contribution in [1.82, 2.24) is 26.1 Å². The maximum atomic E-state index is 12.1. The molecule has 3 N–H and O–H groups in total. The molecule has 7 nitrogen and oxygen atoms in total. The Hall–Kier alpha value is -1.63. The van der Waals surface area contributed by atoms with Crippen LogP contribution in [0.1, 0.15) is 59.3 Å². The molecule has 1 rings (SSSR count). The third kappa shape index (κ3) is 6.01. The van der Waals surface area contributed by atoms with E-state index in [0.717, 1.165) is 0 Å². The monoisotopic (exact) mass is 311 g/mol. The molecule has 126 valence electrons. The van der Waals surface area contributed by atoms with E-state index in [2.05, 4.69) is 26.1 Å². The van der Waals surface area contributed by atoms with E-state index in [1.165, 1.54) is 0 Å². The van der Waals surface area contributed by atoms with Crippen molar-refractivity contribution in [1.29, 1.82) is 0 Å². The quantitative estimate of drug-likeness (QED) is 0.747. The predicted octanol–water partition coefficient (Wildman–Crippen LogP) is 2.01. The second-order valence-corrected chi connectivity index (χ2v) is 7.01. The zero-order chi connectivity index (χ0) is 16.9. The third-order valence-corrected chi connectivity index (χ3v) is 3.17. The molecule has 1 aromatic rings. The Labute approximate surface area is 132 Å². The lowest BCUT2D eigenvalue weighted by atomic mass is 10.0. The van der Waals surface area contributed by atoms with E-state index in [1.807, 2.05) is 48.6 Å². The summed E-state index contributed by atoms with van der Waals surface area (Å²) in [7, 11) is 1.89. The molecule has 0 saturated heterocycles. The molecule has 7 heteroatoms. The third-order valence-electron chi connectivity index (χ3n) is 3.17. The number of likely N-dealkylation sites (N-methyl/N-ethyl adjacent to an activating group) is 1. The van der Waals surface area contributed by atoms with Crippen molar-refractivity contribution in [3.63, 3.8) is 0 Å². The molecule has 0 aromatic carbocycles. The standard InChI is InChI=1S/C15H29N5O2/c1-9(2)12(18-14(21)19-15(4,5)6)13-17-11(20-22-13)8-10(3)16-7/h9-10,12,16H,8H2,1-7H3,(H2,18,19,21)/t10?,12-/m0/s1. The van der Waals surface area contributed by atoms with Gasteiger partial charge in [-0.25, -0.2) is 4.79 Å². The van der Waals surface area contributed by atoms with Gasteiger partial charge in [0.25, 0.3) is 0 Å². The van der Waals surface area contributed by atoms with Crippen molar-refractivity contribution in [2.75, 3.05) is 7.05 Å². The fourth-order valence-electron chi connectivity index (χ4n) is 1.88. The molecule has 0 aliphatic heterocycles. The number of aromatic nitrogens is 2. The number of carbonyl (C=O) groups excluding carboxylic acids is 1. The molecule has 1 aromatic heterocycles. The largest absolute Gasteiger partial charge is 0.337 e. The predicted molar refractivity (Wildman–Crippen MR) is 85.5 cm³/mol. The van der Waals surface area contributed by atoms with Crippen molar-refractivity contribution >= 4 is 6.03 Å². The summed E-state index contributed by atoms with van der Waals surface area (Å²) in [4.78, 5) is 16.5. The normalized spacial score (nSPS) is 14.7. The van der Waals surface area contributed by atoms with Crippen LogP contribution in [0.5, 0.6) is 0 Å². The molecule has 0 spiro atoms. The van der Waals surface area contributed by atoms with E-state index in [-0.39, 0.29) is 29.6 Å². The second-order valence-electron chi connectivity index (χ2n) is 7.01. The zero-order valence-corrected chi connectivity index (χ0v) is 14.7. The lowest BCUT2D eigenvalue weighted by Gasteiger charge is -2.24. The number of urea groups is 1. The molecule has 0 aliphatic rings. The second kappa shape index (κ2) is 7.58. The highest BCUT2D eigenvalue weighted by atomic mass is 16.5. The molecule has 0 bridgehead atoms. The fraction of sp³-hybridized carbons (Fsp3) is 0.800. The Balaban J connectivity index is 2.77. The number of hydrogen-bond acceptors (Lipinski definition) is 5. The van der Waals surface area contributed by atoms with Crippen molar-refractivity contribution in [3.8, 4) is 0 Å². The van der Waals surface area contributed by atoms with Crippen LogP contribution in [0.25, 0.3) is 0 Å². The van der Waals surface area contributed by atoms with Crippen LogP contribution < -0.4 is 16.0 Å². The van der Waals surface area contributed by atoms with E-state index < -0.39 is 0 Å². The zero-order valence-electron chi connectivity index (χ0n) is 14.7. The summed E-state index contributed by atoms with van der Waals surface area (Å²) in [6.07, 6.45) is 0.680. The van der Waals surface area contributed by atoms with Gasteiger partial charge in [0.15, 0.2) is 5.82 Å². The molecule has 0 saturated carbocycles. The van der Waals surface area contributed by atoms with Crippen molar-refractivity contribution in [2.45, 2.75) is 65.6 Å². The van der Waals surface area contributed by atoms with Crippen LogP contribution in [-0.2, 0) is 6.42 Å². The lowest BCUT2D eigenvalue weighted by molar-refractivity contribution is 0.216. The van der Waals surface area contributed by atoms with Gasteiger partial charge in [-0.2, -0.15) is 4.98 Å². The first-order chi connectivity index (χ1) is 10.1. The number of carbonyl (C=O) groups is 1. The average molecular weight is 311 g/mol. The number of amides is 2. The Morgan fingerprint density at radius 2 is 1.91 bits per heavy atom. The van der Waals surface area contributed by atoms with Crippen LogP contribution in [0.2, 0.25) is 0 Å². The Kier molecular flexibility index (Phi) is 6.34. The molecule has 0 radical (unpaired) electrons. The first kappa shape index (κ1) is 18.4. The number of nitrogens with zero attached hydrogens (tertiary/aromatic N) is 2. The minimum Gasteiger partial charge on any atom is -0.337 e. The van der Waals surface area contributed by atoms with Crippen molar-refractivity contribution in [2.24, 2.45) is 5.92 Å². The summed E-state index contributed by atoms with van der Waals surface area (Å²) in [5.41, 5.74) is -0.298. The minimum atomic E-state index is -0.312. The maximum absolute atomic E-state index is 12.1. The molecule has 2 amide bonds. The molecule has 22 heavy (non-hydrogen) atoms. The van der Waals surface area contributed by atoms with Gasteiger partial charge in [-0.3, -0.25) is 0 Å². The Morgan fingerprint density at radius 3 is 2.41 bits per heavy atom. The molecule has 1 unspecified atom stereocenters. The number of hydrogen-bond donors (Lipinski definition) is 3. The molecular weight excluding hydrogens is 282 g/mol. The SMILES string of the molecule is CNC(C)Cc1noc([C@@H](NC(=O)NC(C)(C)C)C(C)C)n1. The van der Waals surface area contributed by atoms with Gasteiger partial charge in [0.05, 0.1) is 0 Å². The summed E-state index contributed by atoms with van der Waals surface area (Å²) in [6.45, 7) is 11.8. The highest BCUT2D eigenvalue weighted by Crippen LogP contribution is 2.20. The smallest absolute Gasteiger partial charge is 0.315 e. The summed E-state index contributed by atoms with van der Waals surface area (Å²) in [5, 5.41) is 12.9. The van der Waals surface area contributed by atoms with E-state index in [4.69, 9.17) is 4.52 Å². The fourth-order valence-corrected chi connectivity index (χ4v) is 1.88. The van der Waals surface area contributed by atoms with Crippen LogP contribution in [0.3, 0.4) is 0 Å². The maximum Gasteiger partial charge on any atom is 0.315 e. The van der Waals surface area contributed by atoms with Crippen LogP contribution in [0.15, 0.2) is 4.52 Å². The highest BCUT2D eigenvalue weighted by Gasteiger charge is 2.26.